The molecule has 1 fully saturated rings. The molecule has 2 heterocycles. The lowest BCUT2D eigenvalue weighted by Gasteiger charge is -2.41. The van der Waals surface area contributed by atoms with Gasteiger partial charge < -0.3 is 5.32 Å². The molecular formula is C12H22N4. The SMILES string of the molecule is CCC1(C)CN(Cc2cnn(C)c2)CCN1. The lowest BCUT2D eigenvalue weighted by Crippen LogP contribution is -2.57. The summed E-state index contributed by atoms with van der Waals surface area (Å²) in [4.78, 5) is 2.51. The molecule has 0 aromatic carbocycles. The second kappa shape index (κ2) is 4.55. The van der Waals surface area contributed by atoms with Crippen LogP contribution in [0.1, 0.15) is 25.8 Å². The van der Waals surface area contributed by atoms with Crippen LogP contribution in [0.4, 0.5) is 0 Å². The molecule has 2 rings (SSSR count). The molecule has 4 nitrogen and oxygen atoms in total. The molecule has 1 aliphatic rings. The highest BCUT2D eigenvalue weighted by Gasteiger charge is 2.28. The van der Waals surface area contributed by atoms with E-state index in [2.05, 4.69) is 35.4 Å². The van der Waals surface area contributed by atoms with Crippen LogP contribution in [0, 0.1) is 0 Å². The van der Waals surface area contributed by atoms with Crippen LogP contribution in [-0.2, 0) is 13.6 Å². The number of nitrogens with zero attached hydrogens (tertiary/aromatic N) is 3. The smallest absolute Gasteiger partial charge is 0.0534 e. The van der Waals surface area contributed by atoms with E-state index in [-0.39, 0.29) is 5.54 Å². The minimum absolute atomic E-state index is 0.278. The Hall–Kier alpha value is -0.870. The quantitative estimate of drug-likeness (QED) is 0.828. The summed E-state index contributed by atoms with van der Waals surface area (Å²) in [6, 6.07) is 0. The second-order valence-electron chi connectivity index (χ2n) is 5.07. The minimum Gasteiger partial charge on any atom is -0.309 e. The first-order chi connectivity index (χ1) is 7.61. The average molecular weight is 222 g/mol. The molecule has 1 saturated heterocycles. The van der Waals surface area contributed by atoms with Gasteiger partial charge in [-0.2, -0.15) is 5.10 Å². The normalized spacial score (nSPS) is 27.2. The number of aromatic nitrogens is 2. The van der Waals surface area contributed by atoms with Crippen molar-refractivity contribution in [3.05, 3.63) is 18.0 Å². The Morgan fingerprint density at radius 2 is 2.38 bits per heavy atom. The Morgan fingerprint density at radius 1 is 1.56 bits per heavy atom. The van der Waals surface area contributed by atoms with Crippen LogP contribution in [0.15, 0.2) is 12.4 Å². The monoisotopic (exact) mass is 222 g/mol. The van der Waals surface area contributed by atoms with Crippen molar-refractivity contribution in [2.24, 2.45) is 7.05 Å². The number of hydrogen-bond acceptors (Lipinski definition) is 3. The Bertz CT molecular complexity index is 347. The fourth-order valence-electron chi connectivity index (χ4n) is 2.33. The van der Waals surface area contributed by atoms with Crippen molar-refractivity contribution in [1.82, 2.24) is 20.0 Å². The number of hydrogen-bond donors (Lipinski definition) is 1. The molecule has 16 heavy (non-hydrogen) atoms. The summed E-state index contributed by atoms with van der Waals surface area (Å²) >= 11 is 0. The Balaban J connectivity index is 1.95. The zero-order valence-corrected chi connectivity index (χ0v) is 10.5. The highest BCUT2D eigenvalue weighted by molar-refractivity contribution is 5.04. The van der Waals surface area contributed by atoms with Gasteiger partial charge >= 0.3 is 0 Å². The molecule has 0 radical (unpaired) electrons. The molecule has 1 unspecified atom stereocenters. The van der Waals surface area contributed by atoms with Crippen LogP contribution in [0.3, 0.4) is 0 Å². The first-order valence-electron chi connectivity index (χ1n) is 6.06. The number of aryl methyl sites for hydroxylation is 1. The number of piperazine rings is 1. The Labute approximate surface area is 97.6 Å². The van der Waals surface area contributed by atoms with Crippen LogP contribution in [0.2, 0.25) is 0 Å². The van der Waals surface area contributed by atoms with E-state index in [4.69, 9.17) is 0 Å². The van der Waals surface area contributed by atoms with E-state index in [1.54, 1.807) is 0 Å². The molecule has 0 aliphatic carbocycles. The molecule has 1 aromatic heterocycles. The van der Waals surface area contributed by atoms with Gasteiger partial charge in [0, 0.05) is 50.5 Å². The van der Waals surface area contributed by atoms with Gasteiger partial charge in [-0.25, -0.2) is 0 Å². The van der Waals surface area contributed by atoms with E-state index in [9.17, 15) is 0 Å². The van der Waals surface area contributed by atoms with E-state index < -0.39 is 0 Å². The molecule has 1 atom stereocenters. The summed E-state index contributed by atoms with van der Waals surface area (Å²) in [7, 11) is 1.97. The highest BCUT2D eigenvalue weighted by Crippen LogP contribution is 2.16. The molecule has 1 N–H and O–H groups in total. The molecule has 0 amide bonds. The minimum atomic E-state index is 0.278. The van der Waals surface area contributed by atoms with Crippen molar-refractivity contribution in [3.63, 3.8) is 0 Å². The molecule has 0 bridgehead atoms. The average Bonchev–Trinajstić information content (AvgIpc) is 2.64. The zero-order valence-electron chi connectivity index (χ0n) is 10.5. The summed E-state index contributed by atoms with van der Waals surface area (Å²) in [6.45, 7) is 8.92. The van der Waals surface area contributed by atoms with Crippen LogP contribution >= 0.6 is 0 Å². The van der Waals surface area contributed by atoms with E-state index >= 15 is 0 Å². The van der Waals surface area contributed by atoms with Gasteiger partial charge in [-0.15, -0.1) is 0 Å². The zero-order chi connectivity index (χ0) is 11.6. The third-order valence-electron chi connectivity index (χ3n) is 3.50. The van der Waals surface area contributed by atoms with Gasteiger partial charge in [0.05, 0.1) is 6.20 Å². The van der Waals surface area contributed by atoms with Gasteiger partial charge in [-0.05, 0) is 13.3 Å². The summed E-state index contributed by atoms with van der Waals surface area (Å²) in [5.74, 6) is 0. The van der Waals surface area contributed by atoms with Crippen LogP contribution < -0.4 is 5.32 Å². The van der Waals surface area contributed by atoms with Gasteiger partial charge in [0.2, 0.25) is 0 Å². The first kappa shape index (κ1) is 11.6. The summed E-state index contributed by atoms with van der Waals surface area (Å²) in [6.07, 6.45) is 5.24. The van der Waals surface area contributed by atoms with Crippen LogP contribution in [0.25, 0.3) is 0 Å². The van der Waals surface area contributed by atoms with Crippen LogP contribution in [-0.4, -0.2) is 39.9 Å². The number of nitrogens with one attached hydrogen (secondary N) is 1. The van der Waals surface area contributed by atoms with Gasteiger partial charge in [0.1, 0.15) is 0 Å². The topological polar surface area (TPSA) is 33.1 Å². The van der Waals surface area contributed by atoms with Gasteiger partial charge in [-0.3, -0.25) is 9.58 Å². The van der Waals surface area contributed by atoms with Crippen molar-refractivity contribution in [2.75, 3.05) is 19.6 Å². The maximum atomic E-state index is 4.21. The van der Waals surface area contributed by atoms with Gasteiger partial charge in [-0.1, -0.05) is 6.92 Å². The molecular weight excluding hydrogens is 200 g/mol. The molecule has 1 aliphatic heterocycles. The Morgan fingerprint density at radius 3 is 3.00 bits per heavy atom. The predicted molar refractivity (Wildman–Crippen MR) is 65.2 cm³/mol. The maximum absolute atomic E-state index is 4.21. The molecule has 90 valence electrons. The molecule has 0 spiro atoms. The van der Waals surface area contributed by atoms with Crippen molar-refractivity contribution >= 4 is 0 Å². The van der Waals surface area contributed by atoms with Crippen molar-refractivity contribution in [2.45, 2.75) is 32.4 Å². The Kier molecular flexibility index (Phi) is 3.30. The fourth-order valence-corrected chi connectivity index (χ4v) is 2.33. The molecule has 0 saturated carbocycles. The largest absolute Gasteiger partial charge is 0.309 e. The van der Waals surface area contributed by atoms with Crippen molar-refractivity contribution < 1.29 is 0 Å². The second-order valence-corrected chi connectivity index (χ2v) is 5.07. The summed E-state index contributed by atoms with van der Waals surface area (Å²) in [5.41, 5.74) is 1.59. The molecule has 1 aromatic rings. The third kappa shape index (κ3) is 2.62. The van der Waals surface area contributed by atoms with E-state index in [0.29, 0.717) is 0 Å². The molecule has 4 heteroatoms. The van der Waals surface area contributed by atoms with E-state index in [0.717, 1.165) is 26.2 Å². The van der Waals surface area contributed by atoms with E-state index in [1.165, 1.54) is 12.0 Å². The van der Waals surface area contributed by atoms with Crippen molar-refractivity contribution in [3.8, 4) is 0 Å². The summed E-state index contributed by atoms with van der Waals surface area (Å²) < 4.78 is 1.87. The van der Waals surface area contributed by atoms with Crippen molar-refractivity contribution in [1.29, 1.82) is 0 Å². The highest BCUT2D eigenvalue weighted by atomic mass is 15.3. The summed E-state index contributed by atoms with van der Waals surface area (Å²) in [5, 5.41) is 7.82. The van der Waals surface area contributed by atoms with Gasteiger partial charge in [0.25, 0.3) is 0 Å². The third-order valence-corrected chi connectivity index (χ3v) is 3.50. The standard InChI is InChI=1S/C12H22N4/c1-4-12(2)10-16(6-5-13-12)9-11-7-14-15(3)8-11/h7-8,13H,4-6,9-10H2,1-3H3. The lowest BCUT2D eigenvalue weighted by molar-refractivity contribution is 0.133. The lowest BCUT2D eigenvalue weighted by atomic mass is 9.96. The van der Waals surface area contributed by atoms with Crippen LogP contribution in [0.5, 0.6) is 0 Å². The van der Waals surface area contributed by atoms with Gasteiger partial charge in [0.15, 0.2) is 0 Å². The predicted octanol–water partition coefficient (Wildman–Crippen LogP) is 0.994. The van der Waals surface area contributed by atoms with E-state index in [1.807, 2.05) is 17.9 Å². The maximum Gasteiger partial charge on any atom is 0.0534 e. The fraction of sp³-hybridized carbons (Fsp3) is 0.750. The number of rotatable bonds is 3. The first-order valence-corrected chi connectivity index (χ1v) is 6.06.